The van der Waals surface area contributed by atoms with Crippen LogP contribution in [0.2, 0.25) is 0 Å². The molecule has 0 atom stereocenters. The second kappa shape index (κ2) is 7.48. The number of nitrogens with one attached hydrogen (secondary N) is 2. The first-order valence-corrected chi connectivity index (χ1v) is 10.0. The maximum absolute atomic E-state index is 4.51. The van der Waals surface area contributed by atoms with Crippen molar-refractivity contribution in [2.45, 2.75) is 13.8 Å². The number of aromatic amines is 2. The predicted octanol–water partition coefficient (Wildman–Crippen LogP) is 6.42. The van der Waals surface area contributed by atoms with Crippen LogP contribution in [-0.4, -0.2) is 20.4 Å². The van der Waals surface area contributed by atoms with Crippen molar-refractivity contribution in [1.29, 1.82) is 0 Å². The molecular formula is C26H22N4. The van der Waals surface area contributed by atoms with Gasteiger partial charge in [-0.15, -0.1) is 0 Å². The third-order valence-electron chi connectivity index (χ3n) is 5.27. The van der Waals surface area contributed by atoms with Crippen molar-refractivity contribution in [3.05, 3.63) is 96.1 Å². The molecule has 0 aliphatic rings. The average Bonchev–Trinajstić information content (AvgIpc) is 3.44. The molecule has 0 fully saturated rings. The Labute approximate surface area is 175 Å². The van der Waals surface area contributed by atoms with Gasteiger partial charge in [-0.2, -0.15) is 10.2 Å². The lowest BCUT2D eigenvalue weighted by molar-refractivity contribution is 1.10. The number of H-pyrrole nitrogens is 2. The van der Waals surface area contributed by atoms with Crippen LogP contribution >= 0.6 is 0 Å². The maximum atomic E-state index is 4.51. The van der Waals surface area contributed by atoms with Crippen LogP contribution in [0.3, 0.4) is 0 Å². The van der Waals surface area contributed by atoms with Gasteiger partial charge in [0.05, 0.1) is 22.8 Å². The Kier molecular flexibility index (Phi) is 4.52. The molecule has 0 bridgehead atoms. The summed E-state index contributed by atoms with van der Waals surface area (Å²) >= 11 is 0. The average molecular weight is 390 g/mol. The molecule has 0 saturated heterocycles. The summed E-state index contributed by atoms with van der Waals surface area (Å²) in [6, 6.07) is 29.4. The van der Waals surface area contributed by atoms with Crippen LogP contribution in [0.15, 0.2) is 84.9 Å². The number of aryl methyl sites for hydroxylation is 2. The van der Waals surface area contributed by atoms with E-state index in [0.717, 1.165) is 45.0 Å². The van der Waals surface area contributed by atoms with E-state index in [1.54, 1.807) is 0 Å². The maximum Gasteiger partial charge on any atom is 0.0927 e. The molecule has 146 valence electrons. The fourth-order valence-corrected chi connectivity index (χ4v) is 3.70. The van der Waals surface area contributed by atoms with E-state index < -0.39 is 0 Å². The fourth-order valence-electron chi connectivity index (χ4n) is 3.70. The molecule has 0 unspecified atom stereocenters. The molecule has 2 aromatic heterocycles. The molecule has 0 amide bonds. The molecule has 3 aromatic carbocycles. The zero-order chi connectivity index (χ0) is 20.5. The van der Waals surface area contributed by atoms with Gasteiger partial charge in [0.1, 0.15) is 0 Å². The molecule has 5 aromatic rings. The SMILES string of the molecule is Cc1cccc(-c2cc(-c3cccc(-c4cc(-c5cccc(C)c5)n[nH]4)c3)[nH]n2)c1. The third-order valence-corrected chi connectivity index (χ3v) is 5.27. The fraction of sp³-hybridized carbons (Fsp3) is 0.0769. The van der Waals surface area contributed by atoms with E-state index in [1.165, 1.54) is 11.1 Å². The van der Waals surface area contributed by atoms with Crippen molar-refractivity contribution < 1.29 is 0 Å². The summed E-state index contributed by atoms with van der Waals surface area (Å²) < 4.78 is 0. The van der Waals surface area contributed by atoms with Crippen LogP contribution in [0.5, 0.6) is 0 Å². The van der Waals surface area contributed by atoms with Gasteiger partial charge in [-0.05, 0) is 44.2 Å². The summed E-state index contributed by atoms with van der Waals surface area (Å²) in [5, 5.41) is 15.4. The zero-order valence-electron chi connectivity index (χ0n) is 17.0. The van der Waals surface area contributed by atoms with E-state index in [-0.39, 0.29) is 0 Å². The minimum Gasteiger partial charge on any atom is -0.277 e. The van der Waals surface area contributed by atoms with Gasteiger partial charge in [-0.25, -0.2) is 0 Å². The normalized spacial score (nSPS) is 11.0. The Bertz CT molecular complexity index is 1230. The lowest BCUT2D eigenvalue weighted by Crippen LogP contribution is -1.82. The van der Waals surface area contributed by atoms with E-state index in [1.807, 2.05) is 0 Å². The van der Waals surface area contributed by atoms with Crippen LogP contribution in [0.1, 0.15) is 11.1 Å². The number of aromatic nitrogens is 4. The highest BCUT2D eigenvalue weighted by Crippen LogP contribution is 2.29. The largest absolute Gasteiger partial charge is 0.277 e. The van der Waals surface area contributed by atoms with Crippen LogP contribution in [0.25, 0.3) is 45.0 Å². The van der Waals surface area contributed by atoms with Crippen molar-refractivity contribution in [3.8, 4) is 45.0 Å². The first kappa shape index (κ1) is 18.1. The van der Waals surface area contributed by atoms with E-state index in [0.29, 0.717) is 0 Å². The van der Waals surface area contributed by atoms with E-state index in [2.05, 4.69) is 119 Å². The van der Waals surface area contributed by atoms with Gasteiger partial charge in [0.25, 0.3) is 0 Å². The summed E-state index contributed by atoms with van der Waals surface area (Å²) in [6.07, 6.45) is 0. The molecule has 0 radical (unpaired) electrons. The van der Waals surface area contributed by atoms with Gasteiger partial charge in [0.15, 0.2) is 0 Å². The Hall–Kier alpha value is -3.92. The summed E-state index contributed by atoms with van der Waals surface area (Å²) in [6.45, 7) is 4.19. The first-order valence-electron chi connectivity index (χ1n) is 10.0. The van der Waals surface area contributed by atoms with E-state index in [4.69, 9.17) is 0 Å². The summed E-state index contributed by atoms with van der Waals surface area (Å²) in [7, 11) is 0. The second-order valence-electron chi connectivity index (χ2n) is 7.65. The summed E-state index contributed by atoms with van der Waals surface area (Å²) in [5.41, 5.74) is 10.7. The predicted molar refractivity (Wildman–Crippen MR) is 122 cm³/mol. The Balaban J connectivity index is 1.46. The van der Waals surface area contributed by atoms with Gasteiger partial charge >= 0.3 is 0 Å². The number of nitrogens with zero attached hydrogens (tertiary/aromatic N) is 2. The third kappa shape index (κ3) is 3.55. The molecule has 4 heteroatoms. The van der Waals surface area contributed by atoms with Crippen LogP contribution in [-0.2, 0) is 0 Å². The minimum absolute atomic E-state index is 0.947. The Morgan fingerprint density at radius 3 is 1.40 bits per heavy atom. The molecule has 4 nitrogen and oxygen atoms in total. The molecular weight excluding hydrogens is 368 g/mol. The van der Waals surface area contributed by atoms with Crippen molar-refractivity contribution in [2.75, 3.05) is 0 Å². The number of benzene rings is 3. The van der Waals surface area contributed by atoms with Gasteiger partial charge in [-0.3, -0.25) is 10.2 Å². The van der Waals surface area contributed by atoms with Gasteiger partial charge in [0.2, 0.25) is 0 Å². The molecule has 0 saturated carbocycles. The molecule has 2 N–H and O–H groups in total. The molecule has 0 aliphatic heterocycles. The van der Waals surface area contributed by atoms with Gasteiger partial charge in [0, 0.05) is 22.3 Å². The zero-order valence-corrected chi connectivity index (χ0v) is 17.0. The second-order valence-corrected chi connectivity index (χ2v) is 7.65. The van der Waals surface area contributed by atoms with Crippen molar-refractivity contribution in [1.82, 2.24) is 20.4 Å². The lowest BCUT2D eigenvalue weighted by atomic mass is 10.0. The summed E-state index contributed by atoms with van der Waals surface area (Å²) in [5.74, 6) is 0. The molecule has 5 rings (SSSR count). The molecule has 2 heterocycles. The van der Waals surface area contributed by atoms with E-state index in [9.17, 15) is 0 Å². The topological polar surface area (TPSA) is 57.4 Å². The number of hydrogen-bond acceptors (Lipinski definition) is 2. The standard InChI is InChI=1S/C26H22N4/c1-17-6-3-8-19(12-17)23-15-25(29-27-23)21-10-5-11-22(14-21)26-16-24(28-30-26)20-9-4-7-18(2)13-20/h3-16H,1-2H3,(H,27,29)(H,28,30). The highest BCUT2D eigenvalue weighted by atomic mass is 15.1. The van der Waals surface area contributed by atoms with Crippen molar-refractivity contribution >= 4 is 0 Å². The molecule has 30 heavy (non-hydrogen) atoms. The van der Waals surface area contributed by atoms with Crippen molar-refractivity contribution in [2.24, 2.45) is 0 Å². The smallest absolute Gasteiger partial charge is 0.0927 e. The Morgan fingerprint density at radius 2 is 0.933 bits per heavy atom. The minimum atomic E-state index is 0.947. The molecule has 0 spiro atoms. The lowest BCUT2D eigenvalue weighted by Gasteiger charge is -2.01. The van der Waals surface area contributed by atoms with Crippen LogP contribution in [0, 0.1) is 13.8 Å². The number of rotatable bonds is 4. The highest BCUT2D eigenvalue weighted by Gasteiger charge is 2.10. The molecule has 0 aliphatic carbocycles. The monoisotopic (exact) mass is 390 g/mol. The summed E-state index contributed by atoms with van der Waals surface area (Å²) in [4.78, 5) is 0. The van der Waals surface area contributed by atoms with Gasteiger partial charge in [-0.1, -0.05) is 65.7 Å². The quantitative estimate of drug-likeness (QED) is 0.372. The Morgan fingerprint density at radius 1 is 0.500 bits per heavy atom. The van der Waals surface area contributed by atoms with Crippen LogP contribution < -0.4 is 0 Å². The highest BCUT2D eigenvalue weighted by molar-refractivity contribution is 5.74. The van der Waals surface area contributed by atoms with E-state index >= 15 is 0 Å². The van der Waals surface area contributed by atoms with Crippen LogP contribution in [0.4, 0.5) is 0 Å². The first-order chi connectivity index (χ1) is 14.7. The van der Waals surface area contributed by atoms with Gasteiger partial charge < -0.3 is 0 Å². The number of hydrogen-bond donors (Lipinski definition) is 2. The van der Waals surface area contributed by atoms with Crippen molar-refractivity contribution in [3.63, 3.8) is 0 Å².